The second kappa shape index (κ2) is 10.4. The van der Waals surface area contributed by atoms with Gasteiger partial charge in [-0.25, -0.2) is 0 Å². The first-order valence-electron chi connectivity index (χ1n) is 10.4. The smallest absolute Gasteiger partial charge is 0.257 e. The Balaban J connectivity index is 1.85. The number of carbonyl (C=O) groups is 2. The molecule has 0 saturated carbocycles. The predicted octanol–water partition coefficient (Wildman–Crippen LogP) is 5.13. The van der Waals surface area contributed by atoms with E-state index in [1.54, 1.807) is 6.08 Å². The summed E-state index contributed by atoms with van der Waals surface area (Å²) in [7, 11) is 0. The van der Waals surface area contributed by atoms with Crippen LogP contribution in [0, 0.1) is 6.92 Å². The number of aryl methyl sites for hydroxylation is 1. The molecule has 31 heavy (non-hydrogen) atoms. The molecular formula is C27H28N2O2. The maximum absolute atomic E-state index is 13.1. The number of benzene rings is 3. The summed E-state index contributed by atoms with van der Waals surface area (Å²) in [6, 6.07) is 26.6. The van der Waals surface area contributed by atoms with Crippen LogP contribution in [0.15, 0.2) is 90.5 Å². The minimum absolute atomic E-state index is 0.0798. The zero-order valence-electron chi connectivity index (χ0n) is 18.1. The van der Waals surface area contributed by atoms with Crippen LogP contribution in [0.2, 0.25) is 0 Å². The van der Waals surface area contributed by atoms with E-state index in [0.717, 1.165) is 22.3 Å². The third-order valence-corrected chi connectivity index (χ3v) is 5.14. The fourth-order valence-electron chi connectivity index (χ4n) is 3.36. The van der Waals surface area contributed by atoms with E-state index in [4.69, 9.17) is 0 Å². The Bertz CT molecular complexity index is 997. The summed E-state index contributed by atoms with van der Waals surface area (Å²) in [4.78, 5) is 26.3. The highest BCUT2D eigenvalue weighted by Crippen LogP contribution is 2.17. The Morgan fingerprint density at radius 3 is 1.65 bits per heavy atom. The summed E-state index contributed by atoms with van der Waals surface area (Å²) in [6.07, 6.45) is 1.65. The van der Waals surface area contributed by atoms with Gasteiger partial charge < -0.3 is 10.6 Å². The van der Waals surface area contributed by atoms with Crippen LogP contribution in [0.5, 0.6) is 0 Å². The molecule has 3 aromatic carbocycles. The zero-order valence-corrected chi connectivity index (χ0v) is 18.1. The topological polar surface area (TPSA) is 58.2 Å². The SMILES string of the molecule is Cc1cccc(C=C(C(=O)N[C@@H](C)c2ccccc2)C(=O)N[C@H](C)c2ccccc2)c1. The summed E-state index contributed by atoms with van der Waals surface area (Å²) >= 11 is 0. The lowest BCUT2D eigenvalue weighted by Crippen LogP contribution is -2.36. The van der Waals surface area contributed by atoms with Gasteiger partial charge in [0.05, 0.1) is 12.1 Å². The van der Waals surface area contributed by atoms with Crippen LogP contribution in [0.25, 0.3) is 6.08 Å². The van der Waals surface area contributed by atoms with Gasteiger partial charge in [-0.1, -0.05) is 90.5 Å². The molecule has 2 atom stereocenters. The number of hydrogen-bond donors (Lipinski definition) is 2. The first kappa shape index (κ1) is 22.0. The first-order chi connectivity index (χ1) is 14.9. The fourth-order valence-corrected chi connectivity index (χ4v) is 3.36. The van der Waals surface area contributed by atoms with Gasteiger partial charge in [-0.3, -0.25) is 9.59 Å². The second-order valence-corrected chi connectivity index (χ2v) is 7.68. The van der Waals surface area contributed by atoms with Gasteiger partial charge in [0.15, 0.2) is 0 Å². The highest BCUT2D eigenvalue weighted by molar-refractivity contribution is 6.21. The van der Waals surface area contributed by atoms with E-state index in [9.17, 15) is 9.59 Å². The van der Waals surface area contributed by atoms with Gasteiger partial charge in [-0.15, -0.1) is 0 Å². The molecule has 0 bridgehead atoms. The second-order valence-electron chi connectivity index (χ2n) is 7.68. The van der Waals surface area contributed by atoms with Crippen LogP contribution in [0.3, 0.4) is 0 Å². The molecule has 4 nitrogen and oxygen atoms in total. The molecule has 0 radical (unpaired) electrons. The molecule has 2 amide bonds. The predicted molar refractivity (Wildman–Crippen MR) is 125 cm³/mol. The van der Waals surface area contributed by atoms with Gasteiger partial charge in [0.25, 0.3) is 11.8 Å². The van der Waals surface area contributed by atoms with Crippen molar-refractivity contribution < 1.29 is 9.59 Å². The van der Waals surface area contributed by atoms with Crippen molar-refractivity contribution in [3.63, 3.8) is 0 Å². The minimum Gasteiger partial charge on any atom is -0.345 e. The molecule has 0 aliphatic heterocycles. The van der Waals surface area contributed by atoms with Crippen LogP contribution in [-0.2, 0) is 9.59 Å². The van der Waals surface area contributed by atoms with Crippen molar-refractivity contribution in [1.29, 1.82) is 0 Å². The summed E-state index contributed by atoms with van der Waals surface area (Å²) < 4.78 is 0. The molecule has 3 rings (SSSR count). The average molecular weight is 413 g/mol. The Labute approximate surface area is 184 Å². The van der Waals surface area contributed by atoms with Gasteiger partial charge in [-0.05, 0) is 43.5 Å². The van der Waals surface area contributed by atoms with Crippen molar-refractivity contribution >= 4 is 17.9 Å². The molecule has 2 N–H and O–H groups in total. The average Bonchev–Trinajstić information content (AvgIpc) is 2.78. The van der Waals surface area contributed by atoms with E-state index in [1.165, 1.54) is 0 Å². The van der Waals surface area contributed by atoms with Crippen molar-refractivity contribution in [2.75, 3.05) is 0 Å². The van der Waals surface area contributed by atoms with Crippen molar-refractivity contribution in [3.8, 4) is 0 Å². The lowest BCUT2D eigenvalue weighted by Gasteiger charge is -2.18. The quantitative estimate of drug-likeness (QED) is 0.321. The standard InChI is InChI=1S/C27H28N2O2/c1-19-11-10-12-22(17-19)18-25(26(30)28-20(2)23-13-6-4-7-14-23)27(31)29-21(3)24-15-8-5-9-16-24/h4-18,20-21H,1-3H3,(H,28,30)(H,29,31)/t20-,21+. The minimum atomic E-state index is -0.407. The van der Waals surface area contributed by atoms with Crippen molar-refractivity contribution in [3.05, 3.63) is 113 Å². The number of hydrogen-bond acceptors (Lipinski definition) is 2. The molecule has 0 aliphatic carbocycles. The largest absolute Gasteiger partial charge is 0.345 e. The third-order valence-electron chi connectivity index (χ3n) is 5.14. The molecule has 158 valence electrons. The number of amides is 2. The van der Waals surface area contributed by atoms with Crippen molar-refractivity contribution in [1.82, 2.24) is 10.6 Å². The normalized spacial score (nSPS) is 13.2. The molecule has 4 heteroatoms. The summed E-state index contributed by atoms with van der Waals surface area (Å²) in [5.74, 6) is -0.814. The fraction of sp³-hybridized carbons (Fsp3) is 0.185. The van der Waals surface area contributed by atoms with Crippen LogP contribution in [0.1, 0.15) is 48.2 Å². The Kier molecular flexibility index (Phi) is 7.39. The number of carbonyl (C=O) groups excluding carboxylic acids is 2. The molecule has 0 aliphatic rings. The van der Waals surface area contributed by atoms with Crippen molar-refractivity contribution in [2.24, 2.45) is 0 Å². The molecule has 0 unspecified atom stereocenters. The summed E-state index contributed by atoms with van der Waals surface area (Å²) in [6.45, 7) is 5.79. The molecule has 0 spiro atoms. The maximum Gasteiger partial charge on any atom is 0.257 e. The van der Waals surface area contributed by atoms with Crippen LogP contribution in [0.4, 0.5) is 0 Å². The highest BCUT2D eigenvalue weighted by atomic mass is 16.2. The van der Waals surface area contributed by atoms with Crippen LogP contribution in [-0.4, -0.2) is 11.8 Å². The lowest BCUT2D eigenvalue weighted by atomic mass is 10.0. The van der Waals surface area contributed by atoms with Gasteiger partial charge >= 0.3 is 0 Å². The molecule has 0 saturated heterocycles. The number of nitrogens with one attached hydrogen (secondary N) is 2. The van der Waals surface area contributed by atoms with Crippen LogP contribution >= 0.6 is 0 Å². The first-order valence-corrected chi connectivity index (χ1v) is 10.4. The van der Waals surface area contributed by atoms with E-state index in [1.807, 2.05) is 106 Å². The summed E-state index contributed by atoms with van der Waals surface area (Å²) in [5, 5.41) is 5.91. The van der Waals surface area contributed by atoms with Gasteiger partial charge in [0.2, 0.25) is 0 Å². The van der Waals surface area contributed by atoms with Gasteiger partial charge in [0, 0.05) is 0 Å². The molecule has 0 aromatic heterocycles. The third kappa shape index (κ3) is 6.16. The lowest BCUT2D eigenvalue weighted by molar-refractivity contribution is -0.124. The Morgan fingerprint density at radius 2 is 1.19 bits per heavy atom. The molecule has 3 aromatic rings. The van der Waals surface area contributed by atoms with E-state index in [0.29, 0.717) is 0 Å². The summed E-state index contributed by atoms with van der Waals surface area (Å²) in [5.41, 5.74) is 3.90. The molecular weight excluding hydrogens is 384 g/mol. The maximum atomic E-state index is 13.1. The highest BCUT2D eigenvalue weighted by Gasteiger charge is 2.22. The van der Waals surface area contributed by atoms with Gasteiger partial charge in [0.1, 0.15) is 5.57 Å². The Hall–Kier alpha value is -3.66. The Morgan fingerprint density at radius 1 is 0.710 bits per heavy atom. The van der Waals surface area contributed by atoms with E-state index < -0.39 is 11.8 Å². The van der Waals surface area contributed by atoms with Crippen molar-refractivity contribution in [2.45, 2.75) is 32.9 Å². The van der Waals surface area contributed by atoms with E-state index >= 15 is 0 Å². The molecule has 0 heterocycles. The zero-order chi connectivity index (χ0) is 22.2. The molecule has 0 fully saturated rings. The monoisotopic (exact) mass is 412 g/mol. The van der Waals surface area contributed by atoms with Crippen LogP contribution < -0.4 is 10.6 Å². The number of rotatable bonds is 7. The van der Waals surface area contributed by atoms with E-state index in [2.05, 4.69) is 10.6 Å². The van der Waals surface area contributed by atoms with Gasteiger partial charge in [-0.2, -0.15) is 0 Å². The van der Waals surface area contributed by atoms with E-state index in [-0.39, 0.29) is 17.7 Å².